The van der Waals surface area contributed by atoms with Crippen LogP contribution in [0.3, 0.4) is 0 Å². The van der Waals surface area contributed by atoms with Crippen LogP contribution in [-0.2, 0) is 0 Å². The van der Waals surface area contributed by atoms with Gasteiger partial charge in [0.25, 0.3) is 0 Å². The fraction of sp³-hybridized carbons (Fsp3) is 0.190. The van der Waals surface area contributed by atoms with Gasteiger partial charge in [-0.15, -0.1) is 11.3 Å². The lowest BCUT2D eigenvalue weighted by molar-refractivity contribution is 0.0702. The van der Waals surface area contributed by atoms with E-state index in [1.807, 2.05) is 36.4 Å². The van der Waals surface area contributed by atoms with E-state index in [0.717, 1.165) is 27.3 Å². The predicted molar refractivity (Wildman–Crippen MR) is 108 cm³/mol. The molecular weight excluding hydrogens is 380 g/mol. The highest BCUT2D eigenvalue weighted by Crippen LogP contribution is 2.46. The number of hydrogen-bond donors (Lipinski definition) is 1. The van der Waals surface area contributed by atoms with Crippen LogP contribution in [0.15, 0.2) is 42.5 Å². The number of thiophene rings is 1. The summed E-state index contributed by atoms with van der Waals surface area (Å²) >= 11 is 1.19. The Morgan fingerprint density at radius 2 is 1.43 bits per heavy atom. The molecule has 0 aliphatic rings. The second-order valence-corrected chi connectivity index (χ2v) is 6.85. The molecule has 1 N–H and O–H groups in total. The molecule has 0 saturated carbocycles. The molecule has 0 fully saturated rings. The van der Waals surface area contributed by atoms with Crippen LogP contribution in [0.2, 0.25) is 0 Å². The lowest BCUT2D eigenvalue weighted by Gasteiger charge is -2.14. The van der Waals surface area contributed by atoms with Crippen LogP contribution >= 0.6 is 11.3 Å². The highest BCUT2D eigenvalue weighted by molar-refractivity contribution is 7.18. The van der Waals surface area contributed by atoms with E-state index in [1.54, 1.807) is 27.4 Å². The normalized spacial score (nSPS) is 10.4. The van der Waals surface area contributed by atoms with E-state index >= 15 is 0 Å². The Kier molecular flexibility index (Phi) is 5.75. The number of carboxylic acid groups (broad SMARTS) is 1. The maximum absolute atomic E-state index is 11.6. The molecule has 0 atom stereocenters. The van der Waals surface area contributed by atoms with Gasteiger partial charge in [-0.1, -0.05) is 12.1 Å². The van der Waals surface area contributed by atoms with Crippen molar-refractivity contribution in [3.05, 3.63) is 47.3 Å². The fourth-order valence-electron chi connectivity index (χ4n) is 2.91. The van der Waals surface area contributed by atoms with Gasteiger partial charge in [0.2, 0.25) is 5.75 Å². The quantitative estimate of drug-likeness (QED) is 0.613. The van der Waals surface area contributed by atoms with Gasteiger partial charge in [-0.3, -0.25) is 0 Å². The third-order valence-corrected chi connectivity index (χ3v) is 5.44. The first-order valence-corrected chi connectivity index (χ1v) is 9.16. The van der Waals surface area contributed by atoms with Crippen molar-refractivity contribution >= 4 is 17.3 Å². The van der Waals surface area contributed by atoms with Crippen LogP contribution in [0.4, 0.5) is 0 Å². The molecule has 0 radical (unpaired) electrons. The number of carboxylic acids is 1. The molecule has 146 valence electrons. The van der Waals surface area contributed by atoms with E-state index in [0.29, 0.717) is 17.2 Å². The van der Waals surface area contributed by atoms with E-state index in [9.17, 15) is 9.90 Å². The first-order valence-electron chi connectivity index (χ1n) is 8.34. The summed E-state index contributed by atoms with van der Waals surface area (Å²) in [6, 6.07) is 12.8. The zero-order chi connectivity index (χ0) is 20.3. The Hall–Kier alpha value is -3.19. The first-order chi connectivity index (χ1) is 13.5. The Morgan fingerprint density at radius 3 is 1.89 bits per heavy atom. The predicted octanol–water partition coefficient (Wildman–Crippen LogP) is 4.81. The molecule has 0 amide bonds. The maximum atomic E-state index is 11.6. The zero-order valence-corrected chi connectivity index (χ0v) is 16.8. The molecule has 1 heterocycles. The van der Waals surface area contributed by atoms with Crippen LogP contribution in [0, 0.1) is 0 Å². The van der Waals surface area contributed by atoms with E-state index in [-0.39, 0.29) is 4.88 Å². The molecule has 3 aromatic rings. The van der Waals surface area contributed by atoms with Crippen LogP contribution in [0.5, 0.6) is 23.0 Å². The summed E-state index contributed by atoms with van der Waals surface area (Å²) in [5.41, 5.74) is 2.46. The van der Waals surface area contributed by atoms with Crippen LogP contribution in [0.25, 0.3) is 21.6 Å². The Morgan fingerprint density at radius 1 is 0.821 bits per heavy atom. The average molecular weight is 400 g/mol. The average Bonchev–Trinajstić information content (AvgIpc) is 3.18. The van der Waals surface area contributed by atoms with E-state index < -0.39 is 5.97 Å². The van der Waals surface area contributed by atoms with Crippen LogP contribution in [-0.4, -0.2) is 39.5 Å². The minimum atomic E-state index is -0.974. The summed E-state index contributed by atoms with van der Waals surface area (Å²) < 4.78 is 21.5. The Bertz CT molecular complexity index is 966. The maximum Gasteiger partial charge on any atom is 0.345 e. The van der Waals surface area contributed by atoms with Crippen molar-refractivity contribution in [2.75, 3.05) is 28.4 Å². The second-order valence-electron chi connectivity index (χ2n) is 5.80. The number of hydrogen-bond acceptors (Lipinski definition) is 6. The standard InChI is InChI=1S/C21H20O6S/c1-24-14-7-5-12(6-8-14)15-11-18(21(22)23)28-20(15)13-9-16(25-2)19(27-4)17(10-13)26-3/h5-11H,1-4H3,(H,22,23). The van der Waals surface area contributed by atoms with Crippen molar-refractivity contribution in [3.63, 3.8) is 0 Å². The molecular formula is C21H20O6S. The van der Waals surface area contributed by atoms with Crippen LogP contribution in [0.1, 0.15) is 9.67 Å². The van der Waals surface area contributed by atoms with Gasteiger partial charge in [0.1, 0.15) is 10.6 Å². The first kappa shape index (κ1) is 19.6. The summed E-state index contributed by atoms with van der Waals surface area (Å²) in [5.74, 6) is 1.24. The molecule has 0 bridgehead atoms. The highest BCUT2D eigenvalue weighted by Gasteiger charge is 2.20. The van der Waals surface area contributed by atoms with E-state index in [1.165, 1.54) is 18.4 Å². The van der Waals surface area contributed by atoms with Gasteiger partial charge in [0.05, 0.1) is 28.4 Å². The van der Waals surface area contributed by atoms with Gasteiger partial charge < -0.3 is 24.1 Å². The van der Waals surface area contributed by atoms with E-state index in [2.05, 4.69) is 0 Å². The smallest absolute Gasteiger partial charge is 0.345 e. The molecule has 7 heteroatoms. The monoisotopic (exact) mass is 400 g/mol. The molecule has 6 nitrogen and oxygen atoms in total. The van der Waals surface area contributed by atoms with Gasteiger partial charge >= 0.3 is 5.97 Å². The molecule has 0 spiro atoms. The molecule has 1 aromatic heterocycles. The second kappa shape index (κ2) is 8.22. The summed E-state index contributed by atoms with van der Waals surface area (Å²) in [6.07, 6.45) is 0. The summed E-state index contributed by atoms with van der Waals surface area (Å²) in [6.45, 7) is 0. The number of ether oxygens (including phenoxy) is 4. The van der Waals surface area contributed by atoms with Gasteiger partial charge in [-0.2, -0.15) is 0 Å². The number of aromatic carboxylic acids is 1. The van der Waals surface area contributed by atoms with Crippen LogP contribution < -0.4 is 18.9 Å². The van der Waals surface area contributed by atoms with Gasteiger partial charge in [-0.25, -0.2) is 4.79 Å². The zero-order valence-electron chi connectivity index (χ0n) is 15.9. The van der Waals surface area contributed by atoms with Gasteiger partial charge in [-0.05, 0) is 41.5 Å². The lowest BCUT2D eigenvalue weighted by Crippen LogP contribution is -1.95. The topological polar surface area (TPSA) is 74.2 Å². The lowest BCUT2D eigenvalue weighted by atomic mass is 10.0. The van der Waals surface area contributed by atoms with Gasteiger partial charge in [0.15, 0.2) is 11.5 Å². The third-order valence-electron chi connectivity index (χ3n) is 4.27. The molecule has 0 aliphatic heterocycles. The number of rotatable bonds is 7. The molecule has 0 unspecified atom stereocenters. The Balaban J connectivity index is 2.22. The molecule has 0 saturated heterocycles. The molecule has 28 heavy (non-hydrogen) atoms. The summed E-state index contributed by atoms with van der Waals surface area (Å²) in [5, 5.41) is 9.50. The van der Waals surface area contributed by atoms with E-state index in [4.69, 9.17) is 18.9 Å². The third kappa shape index (κ3) is 3.61. The highest BCUT2D eigenvalue weighted by atomic mass is 32.1. The van der Waals surface area contributed by atoms with Crippen molar-refractivity contribution < 1.29 is 28.8 Å². The summed E-state index contributed by atoms with van der Waals surface area (Å²) in [4.78, 5) is 12.6. The van der Waals surface area contributed by atoms with Crippen molar-refractivity contribution in [3.8, 4) is 44.6 Å². The van der Waals surface area contributed by atoms with Crippen molar-refractivity contribution in [2.45, 2.75) is 0 Å². The SMILES string of the molecule is COc1ccc(-c2cc(C(=O)O)sc2-c2cc(OC)c(OC)c(OC)c2)cc1. The molecule has 2 aromatic carbocycles. The van der Waals surface area contributed by atoms with Crippen molar-refractivity contribution in [1.82, 2.24) is 0 Å². The fourth-order valence-corrected chi connectivity index (χ4v) is 3.91. The van der Waals surface area contributed by atoms with Crippen molar-refractivity contribution in [1.29, 1.82) is 0 Å². The number of methoxy groups -OCH3 is 4. The molecule has 0 aliphatic carbocycles. The minimum Gasteiger partial charge on any atom is -0.497 e. The number of carbonyl (C=O) groups is 1. The van der Waals surface area contributed by atoms with Crippen molar-refractivity contribution in [2.24, 2.45) is 0 Å². The summed E-state index contributed by atoms with van der Waals surface area (Å²) in [7, 11) is 6.23. The molecule has 3 rings (SSSR count). The van der Waals surface area contributed by atoms with Gasteiger partial charge in [0, 0.05) is 10.4 Å². The minimum absolute atomic E-state index is 0.245. The number of benzene rings is 2. The Labute approximate surface area is 166 Å². The largest absolute Gasteiger partial charge is 0.497 e.